The van der Waals surface area contributed by atoms with Gasteiger partial charge in [0.25, 0.3) is 5.79 Å². The number of amides is 1. The summed E-state index contributed by atoms with van der Waals surface area (Å²) < 4.78 is 21.2. The topological polar surface area (TPSA) is 214 Å². The maximum atomic E-state index is 12.4. The van der Waals surface area contributed by atoms with Crippen molar-refractivity contribution in [2.45, 2.75) is 108 Å². The van der Waals surface area contributed by atoms with Gasteiger partial charge in [-0.25, -0.2) is 14.5 Å². The average molecular weight is 544 g/mol. The molecule has 14 nitrogen and oxygen atoms in total. The van der Waals surface area contributed by atoms with E-state index in [1.807, 2.05) is 13.8 Å². The van der Waals surface area contributed by atoms with Crippen molar-refractivity contribution in [3.8, 4) is 0 Å². The fourth-order valence-electron chi connectivity index (χ4n) is 3.36. The van der Waals surface area contributed by atoms with Crippen molar-refractivity contribution in [3.63, 3.8) is 0 Å². The Balaban J connectivity index is 0.00000631. The largest absolute Gasteiger partial charge is 0.477 e. The molecule has 1 saturated heterocycles. The summed E-state index contributed by atoms with van der Waals surface area (Å²) in [5.74, 6) is -3.94. The Kier molecular flexibility index (Phi) is 15.0. The Morgan fingerprint density at radius 3 is 2.16 bits per heavy atom. The van der Waals surface area contributed by atoms with Gasteiger partial charge in [-0.3, -0.25) is 5.26 Å². The molecule has 0 aromatic carbocycles. The molecule has 6 atom stereocenters. The second-order valence-corrected chi connectivity index (χ2v) is 9.62. The maximum absolute atomic E-state index is 12.4. The number of rotatable bonds is 14. The van der Waals surface area contributed by atoms with Crippen LogP contribution in [-0.2, 0) is 28.6 Å². The number of alkyl carbamates (subject to hydrolysis) is 1. The van der Waals surface area contributed by atoms with Crippen molar-refractivity contribution < 1.29 is 64.2 Å². The van der Waals surface area contributed by atoms with E-state index in [1.165, 1.54) is 0 Å². The molecule has 1 rings (SSSR count). The van der Waals surface area contributed by atoms with Crippen molar-refractivity contribution in [2.24, 2.45) is 0 Å². The number of aliphatic hydroxyl groups excluding tert-OH is 4. The second kappa shape index (κ2) is 15.7. The van der Waals surface area contributed by atoms with Crippen LogP contribution < -0.4 is 5.32 Å². The lowest BCUT2D eigenvalue weighted by atomic mass is 9.88. The molecule has 0 aliphatic carbocycles. The third-order valence-electron chi connectivity index (χ3n) is 5.81. The lowest BCUT2D eigenvalue weighted by Crippen LogP contribution is -2.67. The average Bonchev–Trinajstić information content (AvgIpc) is 2.84. The molecule has 37 heavy (non-hydrogen) atoms. The first-order valence-electron chi connectivity index (χ1n) is 12.1. The van der Waals surface area contributed by atoms with Crippen LogP contribution in [0.5, 0.6) is 0 Å². The van der Waals surface area contributed by atoms with Crippen molar-refractivity contribution in [2.75, 3.05) is 26.9 Å². The predicted molar refractivity (Wildman–Crippen MR) is 129 cm³/mol. The highest BCUT2D eigenvalue weighted by molar-refractivity contribution is 5.76. The first-order valence-corrected chi connectivity index (χ1v) is 12.1. The van der Waals surface area contributed by atoms with E-state index in [0.717, 1.165) is 7.11 Å². The highest BCUT2D eigenvalue weighted by atomic mass is 17.1. The van der Waals surface area contributed by atoms with Gasteiger partial charge in [-0.1, -0.05) is 13.8 Å². The minimum atomic E-state index is -2.35. The molecular weight excluding hydrogens is 498 g/mol. The molecular formula is C23H45NO13. The summed E-state index contributed by atoms with van der Waals surface area (Å²) in [5, 5.41) is 60.5. The molecule has 14 heteroatoms. The maximum Gasteiger partial charge on any atom is 0.407 e. The van der Waals surface area contributed by atoms with Crippen LogP contribution in [0.2, 0.25) is 0 Å². The molecule has 1 amide bonds. The molecule has 0 radical (unpaired) electrons. The summed E-state index contributed by atoms with van der Waals surface area (Å²) in [4.78, 5) is 28.4. The first kappa shape index (κ1) is 35.4. The Morgan fingerprint density at radius 2 is 1.68 bits per heavy atom. The minimum Gasteiger partial charge on any atom is -0.477 e. The van der Waals surface area contributed by atoms with Gasteiger partial charge in [-0.15, -0.1) is 0 Å². The molecule has 0 aromatic heterocycles. The van der Waals surface area contributed by atoms with Crippen molar-refractivity contribution in [1.82, 2.24) is 5.32 Å². The normalized spacial score (nSPS) is 25.9. The van der Waals surface area contributed by atoms with Crippen LogP contribution in [0.3, 0.4) is 0 Å². The summed E-state index contributed by atoms with van der Waals surface area (Å²) in [6, 6.07) is -1.40. The molecule has 0 bridgehead atoms. The monoisotopic (exact) mass is 543 g/mol. The molecule has 1 aliphatic rings. The number of hydrogen-bond acceptors (Lipinski definition) is 12. The fourth-order valence-corrected chi connectivity index (χ4v) is 3.36. The van der Waals surface area contributed by atoms with Crippen LogP contribution in [0.25, 0.3) is 0 Å². The van der Waals surface area contributed by atoms with Gasteiger partial charge in [0.1, 0.15) is 18.3 Å². The SMILES string of the molecule is CC.COC1(C(=O)O)CC(O)C(NC(=O)OCCC(C)(C)OCCC(C)(C)OO)C(C(O)C(O)CO)O1. The highest BCUT2D eigenvalue weighted by Crippen LogP contribution is 2.33. The van der Waals surface area contributed by atoms with Crippen LogP contribution in [0.15, 0.2) is 0 Å². The molecule has 0 aromatic rings. The number of carbonyl (C=O) groups is 2. The second-order valence-electron chi connectivity index (χ2n) is 9.62. The van der Waals surface area contributed by atoms with Gasteiger partial charge < -0.3 is 49.8 Å². The number of hydrogen-bond donors (Lipinski definition) is 7. The molecule has 1 fully saturated rings. The van der Waals surface area contributed by atoms with E-state index in [1.54, 1.807) is 27.7 Å². The van der Waals surface area contributed by atoms with Crippen LogP contribution in [-0.4, -0.2) is 117 Å². The van der Waals surface area contributed by atoms with Gasteiger partial charge in [0, 0.05) is 26.4 Å². The Morgan fingerprint density at radius 1 is 1.11 bits per heavy atom. The van der Waals surface area contributed by atoms with Crippen LogP contribution in [0.1, 0.15) is 60.8 Å². The van der Waals surface area contributed by atoms with E-state index in [2.05, 4.69) is 10.2 Å². The molecule has 1 heterocycles. The third kappa shape index (κ3) is 10.9. The number of carbonyl (C=O) groups excluding carboxylic acids is 1. The zero-order chi connectivity index (χ0) is 29.0. The first-order chi connectivity index (χ1) is 17.1. The Labute approximate surface area is 217 Å². The highest BCUT2D eigenvalue weighted by Gasteiger charge is 2.55. The lowest BCUT2D eigenvalue weighted by Gasteiger charge is -2.45. The van der Waals surface area contributed by atoms with Gasteiger partial charge in [-0.2, -0.15) is 0 Å². The Hall–Kier alpha value is -1.62. The van der Waals surface area contributed by atoms with Gasteiger partial charge in [0.15, 0.2) is 0 Å². The number of nitrogens with one attached hydrogen (secondary N) is 1. The van der Waals surface area contributed by atoms with Gasteiger partial charge in [0.05, 0.1) is 43.2 Å². The van der Waals surface area contributed by atoms with E-state index >= 15 is 0 Å². The predicted octanol–water partition coefficient (Wildman–Crippen LogP) is 0.242. The van der Waals surface area contributed by atoms with E-state index in [0.29, 0.717) is 6.42 Å². The zero-order valence-electron chi connectivity index (χ0n) is 22.7. The third-order valence-corrected chi connectivity index (χ3v) is 5.81. The summed E-state index contributed by atoms with van der Waals surface area (Å²) >= 11 is 0. The van der Waals surface area contributed by atoms with Crippen LogP contribution in [0, 0.1) is 0 Å². The molecule has 6 unspecified atom stereocenters. The number of ether oxygens (including phenoxy) is 4. The van der Waals surface area contributed by atoms with Crippen molar-refractivity contribution in [3.05, 3.63) is 0 Å². The fraction of sp³-hybridized carbons (Fsp3) is 0.913. The molecule has 0 spiro atoms. The molecule has 0 saturated carbocycles. The summed E-state index contributed by atoms with van der Waals surface area (Å²) in [6.07, 6.45) is -7.78. The number of aliphatic hydroxyl groups is 4. The zero-order valence-corrected chi connectivity index (χ0v) is 22.7. The number of aliphatic carboxylic acids is 1. The summed E-state index contributed by atoms with van der Waals surface area (Å²) in [5.41, 5.74) is -1.47. The summed E-state index contributed by atoms with van der Waals surface area (Å²) in [7, 11) is 1.02. The number of carboxylic acid groups (broad SMARTS) is 1. The molecule has 220 valence electrons. The summed E-state index contributed by atoms with van der Waals surface area (Å²) in [6.45, 7) is 10.2. The lowest BCUT2D eigenvalue weighted by molar-refractivity contribution is -0.316. The van der Waals surface area contributed by atoms with E-state index in [-0.39, 0.29) is 19.6 Å². The minimum absolute atomic E-state index is 0.0913. The van der Waals surface area contributed by atoms with Crippen molar-refractivity contribution in [1.29, 1.82) is 0 Å². The smallest absolute Gasteiger partial charge is 0.407 e. The van der Waals surface area contributed by atoms with E-state index in [9.17, 15) is 30.0 Å². The van der Waals surface area contributed by atoms with Crippen molar-refractivity contribution >= 4 is 12.1 Å². The number of methoxy groups -OCH3 is 1. The van der Waals surface area contributed by atoms with Crippen LogP contribution in [0.4, 0.5) is 4.79 Å². The standard InChI is InChI=1S/C21H39NO13.C2H6/c1-19(2,33-9-7-20(3,4)35-30)6-8-32-18(29)22-14-12(24)10-21(31-5,17(27)28)34-16(14)15(26)13(25)11-23;1-2/h12-16,23-26,30H,6-11H2,1-5H3,(H,22,29)(H,27,28);1-2H3. The Bertz CT molecular complexity index is 690. The molecule has 7 N–H and O–H groups in total. The van der Waals surface area contributed by atoms with Gasteiger partial charge in [0.2, 0.25) is 0 Å². The molecule has 1 aliphatic heterocycles. The number of carboxylic acids is 1. The van der Waals surface area contributed by atoms with Crippen LogP contribution >= 0.6 is 0 Å². The van der Waals surface area contributed by atoms with E-state index in [4.69, 9.17) is 29.3 Å². The van der Waals surface area contributed by atoms with Gasteiger partial charge >= 0.3 is 12.1 Å². The quantitative estimate of drug-likeness (QED) is 0.116. The van der Waals surface area contributed by atoms with E-state index < -0.39 is 72.5 Å². The van der Waals surface area contributed by atoms with Gasteiger partial charge in [-0.05, 0) is 27.7 Å².